The Morgan fingerprint density at radius 2 is 2.24 bits per heavy atom. The highest BCUT2D eigenvalue weighted by atomic mass is 32.1. The molecule has 8 heteroatoms. The van der Waals surface area contributed by atoms with Crippen molar-refractivity contribution in [3.8, 4) is 11.8 Å². The molecule has 0 bridgehead atoms. The summed E-state index contributed by atoms with van der Waals surface area (Å²) in [7, 11) is 0. The van der Waals surface area contributed by atoms with Crippen LogP contribution in [0.2, 0.25) is 0 Å². The summed E-state index contributed by atoms with van der Waals surface area (Å²) in [5, 5.41) is 13.0. The van der Waals surface area contributed by atoms with E-state index in [-0.39, 0.29) is 22.0 Å². The van der Waals surface area contributed by atoms with E-state index in [1.54, 1.807) is 20.8 Å². The SMILES string of the molecule is CC(C)(C)OC(=O)NCC#Cc1cc(C=O)sc1[N+](=O)[O-]. The van der Waals surface area contributed by atoms with Gasteiger partial charge in [-0.25, -0.2) is 4.79 Å². The van der Waals surface area contributed by atoms with Crippen molar-refractivity contribution < 1.29 is 19.2 Å². The van der Waals surface area contributed by atoms with Crippen LogP contribution in [0.25, 0.3) is 0 Å². The molecule has 0 saturated carbocycles. The van der Waals surface area contributed by atoms with Gasteiger partial charge < -0.3 is 10.1 Å². The first-order chi connectivity index (χ1) is 9.73. The first-order valence-electron chi connectivity index (χ1n) is 5.92. The normalized spacial score (nSPS) is 10.2. The summed E-state index contributed by atoms with van der Waals surface area (Å²) >= 11 is 0.758. The van der Waals surface area contributed by atoms with E-state index in [0.29, 0.717) is 6.29 Å². The van der Waals surface area contributed by atoms with Crippen LogP contribution in [0.3, 0.4) is 0 Å². The number of hydrogen-bond acceptors (Lipinski definition) is 6. The molecular weight excluding hydrogens is 296 g/mol. The van der Waals surface area contributed by atoms with Gasteiger partial charge in [-0.1, -0.05) is 23.2 Å². The van der Waals surface area contributed by atoms with Crippen molar-refractivity contribution in [3.63, 3.8) is 0 Å². The van der Waals surface area contributed by atoms with Gasteiger partial charge in [0.1, 0.15) is 11.2 Å². The molecule has 0 aliphatic heterocycles. The van der Waals surface area contributed by atoms with Crippen LogP contribution in [0, 0.1) is 22.0 Å². The van der Waals surface area contributed by atoms with Gasteiger partial charge >= 0.3 is 11.1 Å². The molecule has 0 saturated heterocycles. The maximum Gasteiger partial charge on any atom is 0.408 e. The Hall–Kier alpha value is -2.40. The van der Waals surface area contributed by atoms with Gasteiger partial charge in [0, 0.05) is 0 Å². The molecule has 1 aromatic heterocycles. The number of nitrogens with one attached hydrogen (secondary N) is 1. The molecule has 0 aliphatic carbocycles. The molecule has 1 rings (SSSR count). The lowest BCUT2D eigenvalue weighted by molar-refractivity contribution is -0.380. The zero-order chi connectivity index (χ0) is 16.0. The first-order valence-corrected chi connectivity index (χ1v) is 6.73. The molecule has 0 fully saturated rings. The minimum absolute atomic E-state index is 0.0155. The predicted octanol–water partition coefficient (Wildman–Crippen LogP) is 2.35. The highest BCUT2D eigenvalue weighted by Crippen LogP contribution is 2.28. The molecule has 0 radical (unpaired) electrons. The summed E-state index contributed by atoms with van der Waals surface area (Å²) in [4.78, 5) is 32.4. The third kappa shape index (κ3) is 5.62. The van der Waals surface area contributed by atoms with E-state index in [9.17, 15) is 19.7 Å². The Bertz CT molecular complexity index is 619. The number of carbonyl (C=O) groups excluding carboxylic acids is 2. The predicted molar refractivity (Wildman–Crippen MR) is 77.5 cm³/mol. The van der Waals surface area contributed by atoms with E-state index in [1.807, 2.05) is 0 Å². The number of nitrogens with zero attached hydrogens (tertiary/aromatic N) is 1. The molecule has 1 N–H and O–H groups in total. The number of thiophene rings is 1. The largest absolute Gasteiger partial charge is 0.444 e. The molecular formula is C13H14N2O5S. The Balaban J connectivity index is 2.67. The molecule has 1 heterocycles. The number of amides is 1. The van der Waals surface area contributed by atoms with Crippen LogP contribution < -0.4 is 5.32 Å². The molecule has 0 spiro atoms. The fraction of sp³-hybridized carbons (Fsp3) is 0.385. The van der Waals surface area contributed by atoms with Crippen molar-refractivity contribution in [2.45, 2.75) is 26.4 Å². The van der Waals surface area contributed by atoms with Crippen molar-refractivity contribution in [1.29, 1.82) is 0 Å². The van der Waals surface area contributed by atoms with Crippen LogP contribution in [-0.2, 0) is 4.74 Å². The van der Waals surface area contributed by atoms with Crippen LogP contribution in [0.15, 0.2) is 6.07 Å². The van der Waals surface area contributed by atoms with Crippen molar-refractivity contribution in [3.05, 3.63) is 26.6 Å². The van der Waals surface area contributed by atoms with Crippen LogP contribution in [0.5, 0.6) is 0 Å². The van der Waals surface area contributed by atoms with Gasteiger partial charge in [0.15, 0.2) is 6.29 Å². The van der Waals surface area contributed by atoms with E-state index in [4.69, 9.17) is 4.74 Å². The number of nitro groups is 1. The summed E-state index contributed by atoms with van der Waals surface area (Å²) in [5.74, 6) is 5.13. The summed E-state index contributed by atoms with van der Waals surface area (Å²) in [5.41, 5.74) is -0.458. The fourth-order valence-corrected chi connectivity index (χ4v) is 2.00. The van der Waals surface area contributed by atoms with Gasteiger partial charge in [0.05, 0.1) is 16.3 Å². The van der Waals surface area contributed by atoms with Crippen LogP contribution in [-0.4, -0.2) is 29.4 Å². The van der Waals surface area contributed by atoms with E-state index in [2.05, 4.69) is 17.2 Å². The average molecular weight is 310 g/mol. The van der Waals surface area contributed by atoms with Gasteiger partial charge in [-0.15, -0.1) is 0 Å². The summed E-state index contributed by atoms with van der Waals surface area (Å²) < 4.78 is 5.00. The first kappa shape index (κ1) is 16.7. The lowest BCUT2D eigenvalue weighted by Crippen LogP contribution is -2.32. The highest BCUT2D eigenvalue weighted by molar-refractivity contribution is 7.17. The van der Waals surface area contributed by atoms with Gasteiger partial charge in [-0.2, -0.15) is 0 Å². The maximum absolute atomic E-state index is 11.3. The molecule has 1 aromatic rings. The smallest absolute Gasteiger partial charge is 0.408 e. The third-order valence-corrected chi connectivity index (χ3v) is 2.97. The molecule has 0 aliphatic rings. The monoisotopic (exact) mass is 310 g/mol. The summed E-state index contributed by atoms with van der Waals surface area (Å²) in [6.07, 6.45) is -0.0906. The number of carbonyl (C=O) groups is 2. The minimum Gasteiger partial charge on any atom is -0.444 e. The number of hydrogen-bond donors (Lipinski definition) is 1. The van der Waals surface area contributed by atoms with Crippen molar-refractivity contribution in [1.82, 2.24) is 5.32 Å². The number of ether oxygens (including phenoxy) is 1. The second kappa shape index (κ2) is 6.85. The van der Waals surface area contributed by atoms with E-state index < -0.39 is 16.6 Å². The van der Waals surface area contributed by atoms with Crippen LogP contribution in [0.4, 0.5) is 9.80 Å². The zero-order valence-corrected chi connectivity index (χ0v) is 12.6. The molecule has 0 unspecified atom stereocenters. The molecule has 112 valence electrons. The van der Waals surface area contributed by atoms with Crippen LogP contribution >= 0.6 is 11.3 Å². The molecule has 1 amide bonds. The average Bonchev–Trinajstić information content (AvgIpc) is 2.76. The summed E-state index contributed by atoms with van der Waals surface area (Å²) in [6, 6.07) is 1.34. The summed E-state index contributed by atoms with van der Waals surface area (Å²) in [6.45, 7) is 5.17. The lowest BCUT2D eigenvalue weighted by Gasteiger charge is -2.18. The number of alkyl carbamates (subject to hydrolysis) is 1. The Kier molecular flexibility index (Phi) is 5.44. The van der Waals surface area contributed by atoms with Crippen LogP contribution in [0.1, 0.15) is 36.0 Å². The Morgan fingerprint density at radius 3 is 2.76 bits per heavy atom. The second-order valence-electron chi connectivity index (χ2n) is 4.90. The van der Waals surface area contributed by atoms with E-state index in [1.165, 1.54) is 6.07 Å². The van der Waals surface area contributed by atoms with Crippen molar-refractivity contribution in [2.75, 3.05) is 6.54 Å². The van der Waals surface area contributed by atoms with Crippen molar-refractivity contribution >= 4 is 28.7 Å². The van der Waals surface area contributed by atoms with E-state index in [0.717, 1.165) is 11.3 Å². The van der Waals surface area contributed by atoms with E-state index >= 15 is 0 Å². The number of aldehydes is 1. The number of rotatable bonds is 3. The fourth-order valence-electron chi connectivity index (χ4n) is 1.25. The van der Waals surface area contributed by atoms with Gasteiger partial charge in [-0.3, -0.25) is 14.9 Å². The Morgan fingerprint density at radius 1 is 1.57 bits per heavy atom. The molecule has 7 nitrogen and oxygen atoms in total. The Labute approximate surface area is 125 Å². The molecule has 0 aromatic carbocycles. The highest BCUT2D eigenvalue weighted by Gasteiger charge is 2.17. The lowest BCUT2D eigenvalue weighted by atomic mass is 10.2. The maximum atomic E-state index is 11.3. The standard InChI is InChI=1S/C13H14N2O5S/c1-13(2,3)20-12(17)14-6-4-5-9-7-10(8-16)21-11(9)15(18)19/h7-8H,6H2,1-3H3,(H,14,17). The topological polar surface area (TPSA) is 98.5 Å². The van der Waals surface area contributed by atoms with Gasteiger partial charge in [0.25, 0.3) is 0 Å². The van der Waals surface area contributed by atoms with Crippen molar-refractivity contribution in [2.24, 2.45) is 0 Å². The quantitative estimate of drug-likeness (QED) is 0.400. The molecule has 21 heavy (non-hydrogen) atoms. The minimum atomic E-state index is -0.620. The second-order valence-corrected chi connectivity index (χ2v) is 5.96. The third-order valence-electron chi connectivity index (χ3n) is 1.96. The van der Waals surface area contributed by atoms with Gasteiger partial charge in [-0.05, 0) is 26.8 Å². The van der Waals surface area contributed by atoms with Gasteiger partial charge in [0.2, 0.25) is 0 Å². The zero-order valence-electron chi connectivity index (χ0n) is 11.8. The molecule has 0 atom stereocenters.